The Balaban J connectivity index is 2.07. The van der Waals surface area contributed by atoms with E-state index < -0.39 is 28.0 Å². The summed E-state index contributed by atoms with van der Waals surface area (Å²) in [5.74, 6) is -0.858. The molecule has 0 saturated heterocycles. The Morgan fingerprint density at radius 2 is 1.45 bits per heavy atom. The summed E-state index contributed by atoms with van der Waals surface area (Å²) in [5.41, 5.74) is 0.422. The lowest BCUT2D eigenvalue weighted by atomic mass is 10.1. The first-order chi connectivity index (χ1) is 14.6. The molecule has 2 aromatic rings. The first kappa shape index (κ1) is 24.2. The summed E-state index contributed by atoms with van der Waals surface area (Å²) in [6.45, 7) is 4.85. The summed E-state index contributed by atoms with van der Waals surface area (Å²) in [7, 11) is -0.827. The summed E-state index contributed by atoms with van der Waals surface area (Å²) in [6, 6.07) is 10.2. The third kappa shape index (κ3) is 6.19. The predicted molar refractivity (Wildman–Crippen MR) is 115 cm³/mol. The van der Waals surface area contributed by atoms with Gasteiger partial charge in [0.2, 0.25) is 10.0 Å². The van der Waals surface area contributed by atoms with Gasteiger partial charge < -0.3 is 19.5 Å². The molecule has 0 bridgehead atoms. The molecule has 10 heteroatoms. The van der Waals surface area contributed by atoms with Crippen LogP contribution in [0.5, 0.6) is 11.5 Å². The van der Waals surface area contributed by atoms with Crippen LogP contribution >= 0.6 is 0 Å². The second kappa shape index (κ2) is 10.3. The van der Waals surface area contributed by atoms with Crippen molar-refractivity contribution in [1.29, 1.82) is 0 Å². The molecular weight excluding hydrogens is 424 g/mol. The van der Waals surface area contributed by atoms with Gasteiger partial charge in [-0.15, -0.1) is 0 Å². The van der Waals surface area contributed by atoms with Crippen LogP contribution in [0.25, 0.3) is 0 Å². The number of rotatable bonds is 9. The van der Waals surface area contributed by atoms with Crippen molar-refractivity contribution in [3.05, 3.63) is 48.0 Å². The van der Waals surface area contributed by atoms with Gasteiger partial charge in [0.25, 0.3) is 5.91 Å². The number of esters is 1. The number of sulfonamides is 1. The zero-order chi connectivity index (χ0) is 23.2. The molecule has 0 spiro atoms. The van der Waals surface area contributed by atoms with E-state index in [1.165, 1.54) is 45.4 Å². The normalized spacial score (nSPS) is 12.2. The molecule has 0 aliphatic rings. The highest BCUT2D eigenvalue weighted by atomic mass is 32.2. The van der Waals surface area contributed by atoms with Crippen molar-refractivity contribution in [2.45, 2.75) is 37.8 Å². The average molecular weight is 451 g/mol. The van der Waals surface area contributed by atoms with Crippen LogP contribution in [-0.2, 0) is 19.6 Å². The molecule has 2 rings (SSSR count). The molecule has 0 aromatic heterocycles. The number of carbonyl (C=O) groups is 2. The van der Waals surface area contributed by atoms with Gasteiger partial charge in [0.15, 0.2) is 6.10 Å². The fourth-order valence-electron chi connectivity index (χ4n) is 2.67. The lowest BCUT2D eigenvalue weighted by molar-refractivity contribution is -0.123. The third-order valence-corrected chi connectivity index (χ3v) is 5.78. The van der Waals surface area contributed by atoms with E-state index in [4.69, 9.17) is 14.2 Å². The molecule has 1 amide bonds. The van der Waals surface area contributed by atoms with Crippen molar-refractivity contribution < 1.29 is 32.2 Å². The summed E-state index contributed by atoms with van der Waals surface area (Å²) in [6.07, 6.45) is -1.13. The molecule has 0 fully saturated rings. The number of hydrogen-bond donors (Lipinski definition) is 2. The molecule has 2 N–H and O–H groups in total. The molecule has 168 valence electrons. The van der Waals surface area contributed by atoms with E-state index in [0.29, 0.717) is 5.69 Å². The average Bonchev–Trinajstić information content (AvgIpc) is 2.72. The van der Waals surface area contributed by atoms with Crippen molar-refractivity contribution >= 4 is 27.6 Å². The SMILES string of the molecule is COc1cccc(OC)c1C(=O)OC(C)C(=O)Nc1ccc(S(=O)(=O)NC(C)C)cc1. The summed E-state index contributed by atoms with van der Waals surface area (Å²) in [4.78, 5) is 25.1. The lowest BCUT2D eigenvalue weighted by Crippen LogP contribution is -2.31. The fourth-order valence-corrected chi connectivity index (χ4v) is 3.92. The Kier molecular flexibility index (Phi) is 8.01. The van der Waals surface area contributed by atoms with Gasteiger partial charge in [-0.05, 0) is 57.2 Å². The number of amides is 1. The van der Waals surface area contributed by atoms with E-state index in [0.717, 1.165) is 0 Å². The number of nitrogens with one attached hydrogen (secondary N) is 2. The molecule has 0 aliphatic carbocycles. The second-order valence-electron chi connectivity index (χ2n) is 6.87. The van der Waals surface area contributed by atoms with E-state index >= 15 is 0 Å². The Hall–Kier alpha value is -3.11. The van der Waals surface area contributed by atoms with Crippen LogP contribution in [0.3, 0.4) is 0 Å². The first-order valence-electron chi connectivity index (χ1n) is 9.44. The van der Waals surface area contributed by atoms with Gasteiger partial charge in [-0.1, -0.05) is 6.07 Å². The summed E-state index contributed by atoms with van der Waals surface area (Å²) in [5, 5.41) is 2.58. The first-order valence-corrected chi connectivity index (χ1v) is 10.9. The lowest BCUT2D eigenvalue weighted by Gasteiger charge is -2.16. The van der Waals surface area contributed by atoms with Crippen LogP contribution in [0.4, 0.5) is 5.69 Å². The highest BCUT2D eigenvalue weighted by molar-refractivity contribution is 7.89. The maximum Gasteiger partial charge on any atom is 0.346 e. The van der Waals surface area contributed by atoms with Crippen LogP contribution < -0.4 is 19.5 Å². The number of methoxy groups -OCH3 is 2. The molecule has 2 aromatic carbocycles. The van der Waals surface area contributed by atoms with E-state index in [1.54, 1.807) is 32.0 Å². The van der Waals surface area contributed by atoms with Gasteiger partial charge in [-0.2, -0.15) is 0 Å². The van der Waals surface area contributed by atoms with Crippen LogP contribution in [0.2, 0.25) is 0 Å². The Bertz CT molecular complexity index is 1010. The Morgan fingerprint density at radius 1 is 0.903 bits per heavy atom. The number of hydrogen-bond acceptors (Lipinski definition) is 7. The number of carbonyl (C=O) groups excluding carboxylic acids is 2. The van der Waals surface area contributed by atoms with Crippen molar-refractivity contribution in [1.82, 2.24) is 4.72 Å². The zero-order valence-corrected chi connectivity index (χ0v) is 18.8. The van der Waals surface area contributed by atoms with Crippen molar-refractivity contribution in [2.24, 2.45) is 0 Å². The molecule has 31 heavy (non-hydrogen) atoms. The molecule has 0 aliphatic heterocycles. The van der Waals surface area contributed by atoms with Crippen molar-refractivity contribution in [3.63, 3.8) is 0 Å². The molecular formula is C21H26N2O7S. The molecule has 1 atom stereocenters. The van der Waals surface area contributed by atoms with Gasteiger partial charge in [0, 0.05) is 11.7 Å². The zero-order valence-electron chi connectivity index (χ0n) is 18.0. The molecule has 1 unspecified atom stereocenters. The van der Waals surface area contributed by atoms with Gasteiger partial charge in [0.05, 0.1) is 19.1 Å². The van der Waals surface area contributed by atoms with Crippen LogP contribution in [0.1, 0.15) is 31.1 Å². The number of anilines is 1. The quantitative estimate of drug-likeness (QED) is 0.564. The van der Waals surface area contributed by atoms with E-state index in [9.17, 15) is 18.0 Å². The molecule has 0 saturated carbocycles. The molecule has 0 radical (unpaired) electrons. The molecule has 9 nitrogen and oxygen atoms in total. The van der Waals surface area contributed by atoms with Crippen LogP contribution in [0, 0.1) is 0 Å². The van der Waals surface area contributed by atoms with Gasteiger partial charge in [-0.3, -0.25) is 4.79 Å². The number of benzene rings is 2. The van der Waals surface area contributed by atoms with E-state index in [-0.39, 0.29) is 28.0 Å². The minimum atomic E-state index is -3.64. The number of ether oxygens (including phenoxy) is 3. The van der Waals surface area contributed by atoms with Crippen molar-refractivity contribution in [3.8, 4) is 11.5 Å². The smallest absolute Gasteiger partial charge is 0.346 e. The van der Waals surface area contributed by atoms with E-state index in [1.807, 2.05) is 0 Å². The highest BCUT2D eigenvalue weighted by Gasteiger charge is 2.25. The largest absolute Gasteiger partial charge is 0.496 e. The maximum absolute atomic E-state index is 12.6. The topological polar surface area (TPSA) is 120 Å². The third-order valence-electron chi connectivity index (χ3n) is 4.11. The highest BCUT2D eigenvalue weighted by Crippen LogP contribution is 2.29. The molecule has 0 heterocycles. The van der Waals surface area contributed by atoms with Gasteiger partial charge in [-0.25, -0.2) is 17.9 Å². The minimum absolute atomic E-state index is 0.0689. The minimum Gasteiger partial charge on any atom is -0.496 e. The Labute approximate surface area is 181 Å². The van der Waals surface area contributed by atoms with Crippen LogP contribution in [0.15, 0.2) is 47.4 Å². The Morgan fingerprint density at radius 3 is 1.94 bits per heavy atom. The van der Waals surface area contributed by atoms with Crippen molar-refractivity contribution in [2.75, 3.05) is 19.5 Å². The standard InChI is InChI=1S/C21H26N2O7S/c1-13(2)23-31(26,27)16-11-9-15(10-12-16)22-20(24)14(3)30-21(25)19-17(28-4)7-6-8-18(19)29-5/h6-14,23H,1-5H3,(H,22,24). The second-order valence-corrected chi connectivity index (χ2v) is 8.59. The summed E-state index contributed by atoms with van der Waals surface area (Å²) >= 11 is 0. The fraction of sp³-hybridized carbons (Fsp3) is 0.333. The van der Waals surface area contributed by atoms with E-state index in [2.05, 4.69) is 10.0 Å². The van der Waals surface area contributed by atoms with Gasteiger partial charge in [0.1, 0.15) is 17.1 Å². The predicted octanol–water partition coefficient (Wildman–Crippen LogP) is 2.57. The van der Waals surface area contributed by atoms with Gasteiger partial charge >= 0.3 is 5.97 Å². The monoisotopic (exact) mass is 450 g/mol. The van der Waals surface area contributed by atoms with Crippen LogP contribution in [-0.4, -0.2) is 46.7 Å². The summed E-state index contributed by atoms with van der Waals surface area (Å²) < 4.78 is 42.4. The maximum atomic E-state index is 12.6.